The number of anilines is 3. The van der Waals surface area contributed by atoms with Gasteiger partial charge in [-0.3, -0.25) is 29.2 Å². The normalized spacial score (nSPS) is 19.8. The van der Waals surface area contributed by atoms with Gasteiger partial charge in [0.15, 0.2) is 5.82 Å². The van der Waals surface area contributed by atoms with Crippen LogP contribution in [0.25, 0.3) is 22.2 Å². The van der Waals surface area contributed by atoms with Gasteiger partial charge in [0.05, 0.1) is 29.7 Å². The predicted molar refractivity (Wildman–Crippen MR) is 244 cm³/mol. The van der Waals surface area contributed by atoms with Crippen molar-refractivity contribution in [3.63, 3.8) is 0 Å². The number of methoxy groups -OCH3 is 1. The van der Waals surface area contributed by atoms with Gasteiger partial charge in [-0.2, -0.15) is 0 Å². The lowest BCUT2D eigenvalue weighted by molar-refractivity contribution is -0.136. The van der Waals surface area contributed by atoms with Crippen LogP contribution in [0, 0.1) is 23.0 Å². The minimum atomic E-state index is -3.89. The van der Waals surface area contributed by atoms with E-state index in [9.17, 15) is 27.6 Å². The molecule has 66 heavy (non-hydrogen) atoms. The van der Waals surface area contributed by atoms with Gasteiger partial charge < -0.3 is 29.3 Å². The van der Waals surface area contributed by atoms with Gasteiger partial charge in [0.25, 0.3) is 5.91 Å². The predicted octanol–water partition coefficient (Wildman–Crippen LogP) is 5.70. The molecule has 3 aromatic carbocycles. The maximum absolute atomic E-state index is 15.5. The first-order valence-corrected chi connectivity index (χ1v) is 24.1. The Kier molecular flexibility index (Phi) is 11.1. The second kappa shape index (κ2) is 16.8. The first-order chi connectivity index (χ1) is 31.7. The van der Waals surface area contributed by atoms with Gasteiger partial charge in [0.1, 0.15) is 23.3 Å². The molecule has 5 aliphatic heterocycles. The van der Waals surface area contributed by atoms with Gasteiger partial charge in [-0.15, -0.1) is 0 Å². The number of sulfonamides is 1. The number of carbonyl (C=O) groups is 4. The highest BCUT2D eigenvalue weighted by molar-refractivity contribution is 7.92. The summed E-state index contributed by atoms with van der Waals surface area (Å²) in [7, 11) is -2.33. The van der Waals surface area contributed by atoms with Crippen LogP contribution in [-0.2, 0) is 26.2 Å². The number of amides is 3. The number of hydrogen-bond donors (Lipinski definition) is 3. The van der Waals surface area contributed by atoms with E-state index in [-0.39, 0.29) is 35.0 Å². The molecule has 0 bridgehead atoms. The van der Waals surface area contributed by atoms with Crippen LogP contribution in [0.15, 0.2) is 67.0 Å². The highest BCUT2D eigenvalue weighted by atomic mass is 32.2. The molecular weight excluding hydrogens is 871 g/mol. The number of pyridine rings is 1. The molecule has 18 heteroatoms. The summed E-state index contributed by atoms with van der Waals surface area (Å²) in [4.78, 5) is 67.7. The van der Waals surface area contributed by atoms with Crippen molar-refractivity contribution >= 4 is 61.6 Å². The molecule has 1 atom stereocenters. The Hall–Kier alpha value is -6.40. The maximum atomic E-state index is 15.5. The Bertz CT molecular complexity index is 2900. The topological polar surface area (TPSA) is 177 Å². The average molecular weight is 921 g/mol. The Labute approximate surface area is 380 Å². The van der Waals surface area contributed by atoms with E-state index in [2.05, 4.69) is 52.9 Å². The van der Waals surface area contributed by atoms with Crippen molar-refractivity contribution in [3.8, 4) is 16.9 Å². The average Bonchev–Trinajstić information content (AvgIpc) is 3.85. The number of benzene rings is 3. The van der Waals surface area contributed by atoms with E-state index in [4.69, 9.17) is 4.74 Å². The molecule has 3 amide bonds. The van der Waals surface area contributed by atoms with Crippen LogP contribution in [0.5, 0.6) is 5.75 Å². The largest absolute Gasteiger partial charge is 0.496 e. The molecule has 0 unspecified atom stereocenters. The molecule has 4 saturated heterocycles. The van der Waals surface area contributed by atoms with Crippen molar-refractivity contribution in [2.45, 2.75) is 51.6 Å². The molecule has 0 saturated carbocycles. The summed E-state index contributed by atoms with van der Waals surface area (Å²) in [6.45, 7) is 8.91. The van der Waals surface area contributed by atoms with Gasteiger partial charge in [-0.25, -0.2) is 22.2 Å². The number of hydrogen-bond acceptors (Lipinski definition) is 11. The van der Waals surface area contributed by atoms with Crippen LogP contribution in [0.2, 0.25) is 0 Å². The van der Waals surface area contributed by atoms with Crippen molar-refractivity contribution in [3.05, 3.63) is 101 Å². The van der Waals surface area contributed by atoms with E-state index < -0.39 is 50.6 Å². The molecule has 2 aromatic heterocycles. The Balaban J connectivity index is 0.721. The summed E-state index contributed by atoms with van der Waals surface area (Å²) in [5, 5.41) is 2.74. The number of ketones is 1. The molecule has 344 valence electrons. The van der Waals surface area contributed by atoms with Crippen LogP contribution in [0.3, 0.4) is 0 Å². The van der Waals surface area contributed by atoms with Crippen molar-refractivity contribution in [1.29, 1.82) is 0 Å². The van der Waals surface area contributed by atoms with Crippen molar-refractivity contribution < 1.29 is 41.1 Å². The van der Waals surface area contributed by atoms with Gasteiger partial charge in [-0.05, 0) is 79.1 Å². The SMILES string of the molecule is CCCS(=O)(=O)Nc1ccc(F)c(C(=O)c2c[nH]c3ncc(-c4ccc(N5CC6(CN(CC7CCN(c8cc9c(c(OC)c8)C(=O)N([C@@H]8CCC(=O)NC8=O)C9)CC7)C6)C5)cc4)cc23)c1F. The number of aromatic amines is 1. The van der Waals surface area contributed by atoms with E-state index >= 15 is 8.78 Å². The van der Waals surface area contributed by atoms with Gasteiger partial charge in [0.2, 0.25) is 27.6 Å². The molecule has 10 rings (SSSR count). The minimum absolute atomic E-state index is 0.00618. The smallest absolute Gasteiger partial charge is 0.258 e. The number of rotatable bonds is 13. The van der Waals surface area contributed by atoms with Gasteiger partial charge in [0, 0.05) is 111 Å². The van der Waals surface area contributed by atoms with Crippen LogP contribution >= 0.6 is 0 Å². The standard InChI is InChI=1S/C48H50F2N8O7S/c1-3-16-66(63,64)54-37-9-8-36(49)42(43(37)50)44(60)35-21-52-45-34(35)18-30(20-51-45)29-4-6-32(7-5-29)57-26-48(27-57)24-55(25-48)22-28-12-14-56(15-13-28)33-17-31-23-58(38-10-11-40(59)53-46(38)61)47(62)41(31)39(19-33)65-2/h4-9,17-21,28,38,54H,3,10-16,22-27H2,1-2H3,(H,51,52)(H,53,59,61)/t38-/m1/s1. The molecule has 0 radical (unpaired) electrons. The fourth-order valence-corrected chi connectivity index (χ4v) is 11.7. The number of nitrogens with one attached hydrogen (secondary N) is 3. The second-order valence-electron chi connectivity index (χ2n) is 18.4. The molecule has 15 nitrogen and oxygen atoms in total. The zero-order valence-corrected chi connectivity index (χ0v) is 37.5. The summed E-state index contributed by atoms with van der Waals surface area (Å²) in [5.74, 6) is -3.47. The van der Waals surface area contributed by atoms with Gasteiger partial charge in [-0.1, -0.05) is 19.1 Å². The number of aromatic nitrogens is 2. The number of H-pyrrole nitrogens is 1. The number of imide groups is 1. The Morgan fingerprint density at radius 3 is 2.41 bits per heavy atom. The van der Waals surface area contributed by atoms with Gasteiger partial charge >= 0.3 is 0 Å². The molecule has 1 spiro atoms. The molecule has 7 heterocycles. The first-order valence-electron chi connectivity index (χ1n) is 22.4. The molecule has 3 N–H and O–H groups in total. The van der Waals surface area contributed by atoms with Crippen LogP contribution in [-0.4, -0.2) is 116 Å². The number of carbonyl (C=O) groups excluding carboxylic acids is 4. The van der Waals surface area contributed by atoms with E-state index in [0.29, 0.717) is 53.2 Å². The zero-order chi connectivity index (χ0) is 46.1. The number of halogens is 2. The number of ether oxygens (including phenoxy) is 1. The lowest BCUT2D eigenvalue weighted by atomic mass is 9.72. The Morgan fingerprint density at radius 2 is 1.70 bits per heavy atom. The third-order valence-electron chi connectivity index (χ3n) is 13.9. The second-order valence-corrected chi connectivity index (χ2v) is 20.3. The van der Waals surface area contributed by atoms with E-state index in [1.165, 1.54) is 6.20 Å². The number of piperidine rings is 2. The third kappa shape index (κ3) is 7.92. The quantitative estimate of drug-likeness (QED) is 0.0976. The van der Waals surface area contributed by atoms with E-state index in [1.54, 1.807) is 31.2 Å². The lowest BCUT2D eigenvalue weighted by Gasteiger charge is -2.61. The van der Waals surface area contributed by atoms with Crippen LogP contribution in [0.4, 0.5) is 25.8 Å². The summed E-state index contributed by atoms with van der Waals surface area (Å²) < 4.78 is 63.0. The van der Waals surface area contributed by atoms with E-state index in [1.807, 2.05) is 18.2 Å². The molecule has 5 aromatic rings. The highest BCUT2D eigenvalue weighted by Crippen LogP contribution is 2.44. The zero-order valence-electron chi connectivity index (χ0n) is 36.7. The maximum Gasteiger partial charge on any atom is 0.258 e. The number of likely N-dealkylation sites (tertiary alicyclic amines) is 1. The number of nitrogens with zero attached hydrogens (tertiary/aromatic N) is 5. The first kappa shape index (κ1) is 43.5. The summed E-state index contributed by atoms with van der Waals surface area (Å²) in [6, 6.07) is 15.0. The third-order valence-corrected chi connectivity index (χ3v) is 15.3. The molecular formula is C48H50F2N8O7S. The monoisotopic (exact) mass is 920 g/mol. The van der Waals surface area contributed by atoms with Crippen LogP contribution in [0.1, 0.15) is 70.9 Å². The van der Waals surface area contributed by atoms with Crippen LogP contribution < -0.4 is 24.6 Å². The van der Waals surface area contributed by atoms with Crippen molar-refractivity contribution in [2.24, 2.45) is 11.3 Å². The fourth-order valence-electron chi connectivity index (χ4n) is 10.6. The number of fused-ring (bicyclic) bond motifs is 2. The van der Waals surface area contributed by atoms with E-state index in [0.717, 1.165) is 93.3 Å². The molecule has 4 fully saturated rings. The molecule has 5 aliphatic rings. The summed E-state index contributed by atoms with van der Waals surface area (Å²) in [5.41, 5.74) is 4.33. The Morgan fingerprint density at radius 1 is 0.939 bits per heavy atom. The lowest BCUT2D eigenvalue weighted by Crippen LogP contribution is -2.72. The van der Waals surface area contributed by atoms with Crippen molar-refractivity contribution in [1.82, 2.24) is 25.1 Å². The minimum Gasteiger partial charge on any atom is -0.496 e. The summed E-state index contributed by atoms with van der Waals surface area (Å²) in [6.07, 6.45) is 5.96. The highest BCUT2D eigenvalue weighted by Gasteiger charge is 2.52. The van der Waals surface area contributed by atoms with Crippen molar-refractivity contribution in [2.75, 3.05) is 73.2 Å². The summed E-state index contributed by atoms with van der Waals surface area (Å²) >= 11 is 0. The fraction of sp³-hybridized carbons (Fsp3) is 0.396. The molecule has 0 aliphatic carbocycles.